The molecule has 11 heavy (non-hydrogen) atoms. The summed E-state index contributed by atoms with van der Waals surface area (Å²) >= 11 is 0. The van der Waals surface area contributed by atoms with Gasteiger partial charge in [0.05, 0.1) is 6.61 Å². The van der Waals surface area contributed by atoms with Gasteiger partial charge in [0, 0.05) is 0 Å². The van der Waals surface area contributed by atoms with E-state index in [2.05, 4.69) is 0 Å². The Balaban J connectivity index is 0. The van der Waals surface area contributed by atoms with Crippen LogP contribution >= 0.6 is 0 Å². The summed E-state index contributed by atoms with van der Waals surface area (Å²) in [4.78, 5) is 18.2. The number of aliphatic hydroxyl groups excluding tert-OH is 1. The molecule has 0 unspecified atom stereocenters. The molecule has 0 fully saturated rings. The second kappa shape index (κ2) is 6.78. The van der Waals surface area contributed by atoms with E-state index in [4.69, 9.17) is 31.0 Å². The third-order valence-electron chi connectivity index (χ3n) is 0.514. The van der Waals surface area contributed by atoms with Crippen LogP contribution in [0.1, 0.15) is 0 Å². The Hall–Kier alpha value is -1.34. The first-order valence-corrected chi connectivity index (χ1v) is 2.43. The van der Waals surface area contributed by atoms with Crippen LogP contribution in [0.2, 0.25) is 0 Å². The van der Waals surface area contributed by atoms with Crippen molar-refractivity contribution in [3.05, 3.63) is 0 Å². The minimum atomic E-state index is -1.83. The van der Waals surface area contributed by atoms with E-state index >= 15 is 0 Å². The summed E-state index contributed by atoms with van der Waals surface area (Å²) in [7, 11) is 0. The van der Waals surface area contributed by atoms with Crippen LogP contribution in [-0.2, 0) is 4.79 Å². The highest BCUT2D eigenvalue weighted by Gasteiger charge is 2.06. The van der Waals surface area contributed by atoms with Crippen LogP contribution in [0, 0.1) is 0 Å². The molecule has 6 N–H and O–H groups in total. The van der Waals surface area contributed by atoms with Crippen molar-refractivity contribution < 1.29 is 30.0 Å². The number of rotatable bonds is 2. The third kappa shape index (κ3) is 17.7. The molecule has 0 aromatic rings. The number of aliphatic hydroxyl groups is 1. The largest absolute Gasteiger partial charge is 0.503 e. The lowest BCUT2D eigenvalue weighted by atomic mass is 10.3. The Bertz CT molecular complexity index is 131. The first-order valence-electron chi connectivity index (χ1n) is 2.43. The van der Waals surface area contributed by atoms with E-state index in [1.54, 1.807) is 0 Å². The smallest absolute Gasteiger partial charge is 0.480 e. The predicted octanol–water partition coefficient (Wildman–Crippen LogP) is -1.39. The average Bonchev–Trinajstić information content (AvgIpc) is 1.85. The summed E-state index contributed by atoms with van der Waals surface area (Å²) in [6, 6.07) is -1.13. The zero-order chi connectivity index (χ0) is 9.44. The molecule has 7 heteroatoms. The van der Waals surface area contributed by atoms with Crippen LogP contribution in [0.3, 0.4) is 0 Å². The lowest BCUT2D eigenvalue weighted by Gasteiger charge is -1.96. The van der Waals surface area contributed by atoms with Crippen molar-refractivity contribution in [1.82, 2.24) is 0 Å². The van der Waals surface area contributed by atoms with E-state index in [-0.39, 0.29) is 0 Å². The highest BCUT2D eigenvalue weighted by molar-refractivity contribution is 5.73. The molecule has 0 aliphatic heterocycles. The molecule has 0 amide bonds. The molecule has 0 aromatic carbocycles. The quantitative estimate of drug-likeness (QED) is 0.341. The summed E-state index contributed by atoms with van der Waals surface area (Å²) in [6.45, 7) is -0.505. The fourth-order valence-electron chi connectivity index (χ4n) is 0.0781. The molecule has 0 radical (unpaired) electrons. The molecule has 0 aliphatic carbocycles. The number of carboxylic acids is 1. The van der Waals surface area contributed by atoms with E-state index in [1.807, 2.05) is 0 Å². The molecule has 66 valence electrons. The summed E-state index contributed by atoms with van der Waals surface area (Å²) in [6.07, 6.45) is -1.83. The third-order valence-corrected chi connectivity index (χ3v) is 0.514. The zero-order valence-electron chi connectivity index (χ0n) is 5.47. The minimum Gasteiger partial charge on any atom is -0.480 e. The van der Waals surface area contributed by atoms with E-state index < -0.39 is 24.8 Å². The van der Waals surface area contributed by atoms with Crippen molar-refractivity contribution >= 4 is 12.1 Å². The number of hydrogen-bond donors (Lipinski definition) is 5. The topological polar surface area (TPSA) is 141 Å². The molecule has 0 saturated heterocycles. The maximum Gasteiger partial charge on any atom is 0.503 e. The molecule has 0 aliphatic rings. The van der Waals surface area contributed by atoms with Crippen LogP contribution in [-0.4, -0.2) is 45.2 Å². The van der Waals surface area contributed by atoms with E-state index in [0.717, 1.165) is 0 Å². The molecule has 0 saturated carbocycles. The molecular weight excluding hydrogens is 158 g/mol. The van der Waals surface area contributed by atoms with E-state index in [1.165, 1.54) is 0 Å². The Kier molecular flexibility index (Phi) is 7.61. The Morgan fingerprint density at radius 3 is 1.55 bits per heavy atom. The predicted molar refractivity (Wildman–Crippen MR) is 33.4 cm³/mol. The standard InChI is InChI=1S/C3H7NO3.CH2O3/c4-2(1-5)3(6)7;2-1(3)4/h2,5H,1,4H2,(H,6,7);(H2,2,3,4)/t2-;/m0./s1. The summed E-state index contributed by atoms with van der Waals surface area (Å²) in [5.74, 6) is -1.18. The normalized spacial score (nSPS) is 10.7. The molecule has 0 bridgehead atoms. The summed E-state index contributed by atoms with van der Waals surface area (Å²) in [5, 5.41) is 29.8. The zero-order valence-corrected chi connectivity index (χ0v) is 5.47. The van der Waals surface area contributed by atoms with Gasteiger partial charge in [-0.1, -0.05) is 0 Å². The SMILES string of the molecule is N[C@@H](CO)C(=O)O.O=C(O)O. The van der Waals surface area contributed by atoms with Crippen molar-refractivity contribution in [2.75, 3.05) is 6.61 Å². The molecule has 0 heterocycles. The van der Waals surface area contributed by atoms with Crippen molar-refractivity contribution in [3.63, 3.8) is 0 Å². The van der Waals surface area contributed by atoms with Gasteiger partial charge in [-0.05, 0) is 0 Å². The van der Waals surface area contributed by atoms with Gasteiger partial charge in [-0.15, -0.1) is 0 Å². The Labute approximate surface area is 61.7 Å². The molecular formula is C4H9NO6. The highest BCUT2D eigenvalue weighted by atomic mass is 16.6. The van der Waals surface area contributed by atoms with Gasteiger partial charge in [0.15, 0.2) is 0 Å². The number of aliphatic carboxylic acids is 1. The van der Waals surface area contributed by atoms with Gasteiger partial charge >= 0.3 is 12.1 Å². The fraction of sp³-hybridized carbons (Fsp3) is 0.500. The van der Waals surface area contributed by atoms with Crippen LogP contribution in [0.5, 0.6) is 0 Å². The van der Waals surface area contributed by atoms with Crippen LogP contribution in [0.25, 0.3) is 0 Å². The van der Waals surface area contributed by atoms with E-state index in [9.17, 15) is 4.79 Å². The van der Waals surface area contributed by atoms with Gasteiger partial charge in [0.25, 0.3) is 0 Å². The van der Waals surface area contributed by atoms with Gasteiger partial charge in [0.1, 0.15) is 6.04 Å². The summed E-state index contributed by atoms with van der Waals surface area (Å²) in [5.41, 5.74) is 4.77. The summed E-state index contributed by atoms with van der Waals surface area (Å²) < 4.78 is 0. The maximum absolute atomic E-state index is 9.65. The Morgan fingerprint density at radius 1 is 1.27 bits per heavy atom. The first-order chi connectivity index (χ1) is 4.91. The number of carboxylic acid groups (broad SMARTS) is 3. The van der Waals surface area contributed by atoms with Crippen molar-refractivity contribution in [1.29, 1.82) is 0 Å². The Morgan fingerprint density at radius 2 is 1.55 bits per heavy atom. The van der Waals surface area contributed by atoms with Gasteiger partial charge in [-0.3, -0.25) is 4.79 Å². The molecule has 0 aromatic heterocycles. The minimum absolute atomic E-state index is 0.505. The van der Waals surface area contributed by atoms with Gasteiger partial charge in [-0.25, -0.2) is 4.79 Å². The molecule has 0 spiro atoms. The lowest BCUT2D eigenvalue weighted by Crippen LogP contribution is -2.33. The van der Waals surface area contributed by atoms with Crippen molar-refractivity contribution in [2.45, 2.75) is 6.04 Å². The number of nitrogens with two attached hydrogens (primary N) is 1. The van der Waals surface area contributed by atoms with Gasteiger partial charge < -0.3 is 26.2 Å². The van der Waals surface area contributed by atoms with Crippen LogP contribution in [0.4, 0.5) is 4.79 Å². The average molecular weight is 167 g/mol. The van der Waals surface area contributed by atoms with Gasteiger partial charge in [0.2, 0.25) is 0 Å². The monoisotopic (exact) mass is 167 g/mol. The van der Waals surface area contributed by atoms with Gasteiger partial charge in [-0.2, -0.15) is 0 Å². The van der Waals surface area contributed by atoms with Crippen LogP contribution < -0.4 is 5.73 Å². The van der Waals surface area contributed by atoms with Crippen LogP contribution in [0.15, 0.2) is 0 Å². The second-order valence-corrected chi connectivity index (χ2v) is 1.41. The molecule has 7 nitrogen and oxygen atoms in total. The number of hydrogen-bond acceptors (Lipinski definition) is 4. The molecule has 1 atom stereocenters. The fourth-order valence-corrected chi connectivity index (χ4v) is 0.0781. The second-order valence-electron chi connectivity index (χ2n) is 1.41. The van der Waals surface area contributed by atoms with Crippen molar-refractivity contribution in [2.24, 2.45) is 5.73 Å². The van der Waals surface area contributed by atoms with Crippen molar-refractivity contribution in [3.8, 4) is 0 Å². The highest BCUT2D eigenvalue weighted by Crippen LogP contribution is 1.71. The maximum atomic E-state index is 9.65. The van der Waals surface area contributed by atoms with E-state index in [0.29, 0.717) is 0 Å². The number of carbonyl (C=O) groups is 2. The lowest BCUT2D eigenvalue weighted by molar-refractivity contribution is -0.139. The first kappa shape index (κ1) is 12.3. The molecule has 0 rings (SSSR count).